The summed E-state index contributed by atoms with van der Waals surface area (Å²) < 4.78 is 15.2. The summed E-state index contributed by atoms with van der Waals surface area (Å²) >= 11 is 0. The molecule has 3 aromatic rings. The fourth-order valence-corrected chi connectivity index (χ4v) is 3.58. The molecule has 140 valence electrons. The molecule has 0 saturated heterocycles. The van der Waals surface area contributed by atoms with E-state index in [0.29, 0.717) is 13.0 Å². The zero-order chi connectivity index (χ0) is 18.6. The summed E-state index contributed by atoms with van der Waals surface area (Å²) in [5.74, 6) is 0.486. The standard InChI is InChI=1S/C20H22FN5O/c21-14-7-9-16(10-8-14)26-18(25-17-6-3-12-22-19(17)26)11-13-23-20(27)24-15-4-1-2-5-15/h3,6-10,12,15H,1-2,4-5,11,13H2,(H2,23,24,27). The highest BCUT2D eigenvalue weighted by Gasteiger charge is 2.17. The van der Waals surface area contributed by atoms with Crippen molar-refractivity contribution in [1.29, 1.82) is 0 Å². The van der Waals surface area contributed by atoms with Gasteiger partial charge in [-0.25, -0.2) is 19.2 Å². The Morgan fingerprint density at radius 3 is 2.74 bits per heavy atom. The number of amides is 2. The lowest BCUT2D eigenvalue weighted by molar-refractivity contribution is 0.237. The zero-order valence-corrected chi connectivity index (χ0v) is 15.0. The first-order valence-corrected chi connectivity index (χ1v) is 9.33. The summed E-state index contributed by atoms with van der Waals surface area (Å²) in [6, 6.07) is 10.1. The van der Waals surface area contributed by atoms with Crippen molar-refractivity contribution in [2.45, 2.75) is 38.1 Å². The van der Waals surface area contributed by atoms with Gasteiger partial charge in [-0.05, 0) is 49.2 Å². The number of carbonyl (C=O) groups is 1. The SMILES string of the molecule is O=C(NCCc1nc2cccnc2n1-c1ccc(F)cc1)NC1CCCC1. The van der Waals surface area contributed by atoms with Crippen LogP contribution in [0.4, 0.5) is 9.18 Å². The van der Waals surface area contributed by atoms with Crippen molar-refractivity contribution < 1.29 is 9.18 Å². The third kappa shape index (κ3) is 3.92. The van der Waals surface area contributed by atoms with E-state index in [1.54, 1.807) is 18.3 Å². The van der Waals surface area contributed by atoms with Gasteiger partial charge in [0.25, 0.3) is 0 Å². The third-order valence-electron chi connectivity index (χ3n) is 4.89. The van der Waals surface area contributed by atoms with Gasteiger partial charge in [-0.15, -0.1) is 0 Å². The summed E-state index contributed by atoms with van der Waals surface area (Å²) in [4.78, 5) is 21.1. The second-order valence-corrected chi connectivity index (χ2v) is 6.82. The number of imidazole rings is 1. The second-order valence-electron chi connectivity index (χ2n) is 6.82. The molecule has 0 radical (unpaired) electrons. The Hall–Kier alpha value is -2.96. The maximum atomic E-state index is 13.3. The van der Waals surface area contributed by atoms with Crippen LogP contribution in [0.5, 0.6) is 0 Å². The molecule has 0 unspecified atom stereocenters. The van der Waals surface area contributed by atoms with Gasteiger partial charge in [0.05, 0.1) is 0 Å². The van der Waals surface area contributed by atoms with Crippen molar-refractivity contribution in [3.63, 3.8) is 0 Å². The molecule has 2 amide bonds. The van der Waals surface area contributed by atoms with Gasteiger partial charge in [0.1, 0.15) is 17.2 Å². The molecule has 1 aromatic carbocycles. The molecule has 0 atom stereocenters. The summed E-state index contributed by atoms with van der Waals surface area (Å²) in [7, 11) is 0. The van der Waals surface area contributed by atoms with E-state index >= 15 is 0 Å². The Bertz CT molecular complexity index is 931. The smallest absolute Gasteiger partial charge is 0.315 e. The Kier molecular flexibility index (Phi) is 5.00. The highest BCUT2D eigenvalue weighted by Crippen LogP contribution is 2.20. The zero-order valence-electron chi connectivity index (χ0n) is 15.0. The summed E-state index contributed by atoms with van der Waals surface area (Å²) in [5.41, 5.74) is 2.28. The maximum Gasteiger partial charge on any atom is 0.315 e. The molecule has 0 spiro atoms. The van der Waals surface area contributed by atoms with Crippen LogP contribution in [0.25, 0.3) is 16.9 Å². The highest BCUT2D eigenvalue weighted by molar-refractivity contribution is 5.75. The molecule has 6 nitrogen and oxygen atoms in total. The van der Waals surface area contributed by atoms with Crippen LogP contribution in [0, 0.1) is 5.82 Å². The monoisotopic (exact) mass is 367 g/mol. The van der Waals surface area contributed by atoms with Crippen molar-refractivity contribution >= 4 is 17.2 Å². The molecule has 0 bridgehead atoms. The molecule has 2 N–H and O–H groups in total. The number of fused-ring (bicyclic) bond motifs is 1. The van der Waals surface area contributed by atoms with E-state index in [-0.39, 0.29) is 17.9 Å². The van der Waals surface area contributed by atoms with E-state index in [1.807, 2.05) is 16.7 Å². The quantitative estimate of drug-likeness (QED) is 0.726. The van der Waals surface area contributed by atoms with Gasteiger partial charge in [-0.3, -0.25) is 4.57 Å². The van der Waals surface area contributed by atoms with Crippen LogP contribution < -0.4 is 10.6 Å². The molecular weight excluding hydrogens is 345 g/mol. The summed E-state index contributed by atoms with van der Waals surface area (Å²) in [6.45, 7) is 0.461. The van der Waals surface area contributed by atoms with Crippen LogP contribution in [0.3, 0.4) is 0 Å². The Morgan fingerprint density at radius 2 is 1.96 bits per heavy atom. The first kappa shape index (κ1) is 17.5. The lowest BCUT2D eigenvalue weighted by Crippen LogP contribution is -2.41. The number of rotatable bonds is 5. The molecule has 1 aliphatic rings. The first-order chi connectivity index (χ1) is 13.2. The number of carbonyl (C=O) groups excluding carboxylic acids is 1. The van der Waals surface area contributed by atoms with Gasteiger partial charge in [-0.2, -0.15) is 0 Å². The third-order valence-corrected chi connectivity index (χ3v) is 4.89. The largest absolute Gasteiger partial charge is 0.338 e. The van der Waals surface area contributed by atoms with E-state index < -0.39 is 0 Å². The van der Waals surface area contributed by atoms with Crippen LogP contribution in [-0.2, 0) is 6.42 Å². The number of urea groups is 1. The lowest BCUT2D eigenvalue weighted by Gasteiger charge is -2.13. The predicted octanol–water partition coefficient (Wildman–Crippen LogP) is 3.34. The van der Waals surface area contributed by atoms with Crippen molar-refractivity contribution in [2.75, 3.05) is 6.54 Å². The van der Waals surface area contributed by atoms with E-state index in [9.17, 15) is 9.18 Å². The minimum atomic E-state index is -0.289. The van der Waals surface area contributed by atoms with Crippen molar-refractivity contribution in [3.8, 4) is 5.69 Å². The molecule has 1 aliphatic carbocycles. The molecule has 1 saturated carbocycles. The molecule has 7 heteroatoms. The van der Waals surface area contributed by atoms with Crippen LogP contribution in [-0.4, -0.2) is 33.2 Å². The topological polar surface area (TPSA) is 71.8 Å². The van der Waals surface area contributed by atoms with Crippen LogP contribution in [0.2, 0.25) is 0 Å². The van der Waals surface area contributed by atoms with Crippen molar-refractivity contribution in [1.82, 2.24) is 25.2 Å². The van der Waals surface area contributed by atoms with E-state index in [1.165, 1.54) is 25.0 Å². The van der Waals surface area contributed by atoms with Crippen LogP contribution in [0.1, 0.15) is 31.5 Å². The predicted molar refractivity (Wildman–Crippen MR) is 101 cm³/mol. The second kappa shape index (κ2) is 7.73. The number of halogens is 1. The Balaban J connectivity index is 1.50. The van der Waals surface area contributed by atoms with E-state index in [2.05, 4.69) is 20.6 Å². The summed E-state index contributed by atoms with van der Waals surface area (Å²) in [5, 5.41) is 5.92. The Labute approximate surface area is 156 Å². The van der Waals surface area contributed by atoms with Crippen molar-refractivity contribution in [3.05, 3.63) is 54.2 Å². The maximum absolute atomic E-state index is 13.3. The van der Waals surface area contributed by atoms with Gasteiger partial charge in [-0.1, -0.05) is 12.8 Å². The number of hydrogen-bond donors (Lipinski definition) is 2. The average molecular weight is 367 g/mol. The molecule has 0 aliphatic heterocycles. The van der Waals surface area contributed by atoms with Crippen molar-refractivity contribution in [2.24, 2.45) is 0 Å². The molecule has 27 heavy (non-hydrogen) atoms. The highest BCUT2D eigenvalue weighted by atomic mass is 19.1. The number of benzene rings is 1. The average Bonchev–Trinajstić information content (AvgIpc) is 3.30. The minimum absolute atomic E-state index is 0.135. The fourth-order valence-electron chi connectivity index (χ4n) is 3.58. The molecule has 4 rings (SSSR count). The molecule has 1 fully saturated rings. The molecule has 2 heterocycles. The fraction of sp³-hybridized carbons (Fsp3) is 0.350. The van der Waals surface area contributed by atoms with Gasteiger partial charge in [0.2, 0.25) is 0 Å². The minimum Gasteiger partial charge on any atom is -0.338 e. The lowest BCUT2D eigenvalue weighted by atomic mass is 10.2. The van der Waals surface area contributed by atoms with Gasteiger partial charge in [0, 0.05) is 30.9 Å². The number of aromatic nitrogens is 3. The number of hydrogen-bond acceptors (Lipinski definition) is 3. The van der Waals surface area contributed by atoms with Gasteiger partial charge in [0.15, 0.2) is 5.65 Å². The molecular formula is C20H22FN5O. The molecule has 2 aromatic heterocycles. The van der Waals surface area contributed by atoms with Gasteiger partial charge < -0.3 is 10.6 Å². The normalized spacial score (nSPS) is 14.6. The van der Waals surface area contributed by atoms with E-state index in [0.717, 1.165) is 35.5 Å². The number of nitrogens with zero attached hydrogens (tertiary/aromatic N) is 3. The summed E-state index contributed by atoms with van der Waals surface area (Å²) in [6.07, 6.45) is 6.73. The first-order valence-electron chi connectivity index (χ1n) is 9.33. The van der Waals surface area contributed by atoms with Gasteiger partial charge >= 0.3 is 6.03 Å². The number of pyridine rings is 1. The number of nitrogens with one attached hydrogen (secondary N) is 2. The van der Waals surface area contributed by atoms with Crippen LogP contribution in [0.15, 0.2) is 42.6 Å². The van der Waals surface area contributed by atoms with Crippen LogP contribution >= 0.6 is 0 Å². The Morgan fingerprint density at radius 1 is 1.19 bits per heavy atom. The van der Waals surface area contributed by atoms with E-state index in [4.69, 9.17) is 0 Å².